The summed E-state index contributed by atoms with van der Waals surface area (Å²) >= 11 is 6.17. The maximum atomic E-state index is 9.77. The molecule has 8 nitrogen and oxygen atoms in total. The zero-order valence-electron chi connectivity index (χ0n) is 15.7. The Morgan fingerprint density at radius 3 is 2.34 bits per heavy atom. The monoisotopic (exact) mass is 422 g/mol. The van der Waals surface area contributed by atoms with Crippen molar-refractivity contribution < 1.29 is 30.0 Å². The summed E-state index contributed by atoms with van der Waals surface area (Å²) in [5.74, 6) is -3.33. The molecule has 2 aliphatic rings. The Labute approximate surface area is 172 Å². The molecule has 3 rings (SSSR count). The molecule has 0 bridgehead atoms. The molecular formula is C20H23ClN2O6. The van der Waals surface area contributed by atoms with Crippen molar-refractivity contribution in [3.8, 4) is 0 Å². The second-order valence-corrected chi connectivity index (χ2v) is 6.94. The lowest BCUT2D eigenvalue weighted by atomic mass is 9.82. The van der Waals surface area contributed by atoms with Gasteiger partial charge in [-0.25, -0.2) is 9.59 Å². The molecule has 0 saturated carbocycles. The molecule has 0 saturated heterocycles. The van der Waals surface area contributed by atoms with E-state index in [-0.39, 0.29) is 12.0 Å². The molecule has 29 heavy (non-hydrogen) atoms. The Kier molecular flexibility index (Phi) is 8.10. The topological polar surface area (TPSA) is 139 Å². The molecule has 5 N–H and O–H groups in total. The van der Waals surface area contributed by atoms with E-state index in [4.69, 9.17) is 32.0 Å². The average molecular weight is 423 g/mol. The molecule has 1 aromatic rings. The molecule has 1 heterocycles. The number of aliphatic hydroxyl groups excluding tert-OH is 2. The third kappa shape index (κ3) is 5.74. The van der Waals surface area contributed by atoms with Gasteiger partial charge in [-0.3, -0.25) is 4.99 Å². The minimum Gasteiger partial charge on any atom is -0.479 e. The number of benzene rings is 1. The largest absolute Gasteiger partial charge is 0.479 e. The fourth-order valence-corrected chi connectivity index (χ4v) is 3.41. The van der Waals surface area contributed by atoms with Gasteiger partial charge in [-0.2, -0.15) is 0 Å². The third-order valence-corrected chi connectivity index (χ3v) is 4.92. The van der Waals surface area contributed by atoms with Crippen molar-refractivity contribution in [3.05, 3.63) is 58.7 Å². The lowest BCUT2D eigenvalue weighted by Crippen LogP contribution is -2.39. The van der Waals surface area contributed by atoms with Gasteiger partial charge >= 0.3 is 11.9 Å². The van der Waals surface area contributed by atoms with E-state index >= 15 is 0 Å². The fourth-order valence-electron chi connectivity index (χ4n) is 3.21. The summed E-state index contributed by atoms with van der Waals surface area (Å²) in [4.78, 5) is 23.9. The SMILES string of the molecule is CN=C1C=CC(Cl)=CC1C1NCCc2ccccc21.O=C(O)C(O)C(O)C(=O)O. The molecule has 156 valence electrons. The predicted octanol–water partition coefficient (Wildman–Crippen LogP) is 1.13. The lowest BCUT2D eigenvalue weighted by molar-refractivity contribution is -0.165. The number of allylic oxidation sites excluding steroid dienone is 3. The number of hydrogen-bond acceptors (Lipinski definition) is 6. The second-order valence-electron chi connectivity index (χ2n) is 6.51. The number of carboxylic acids is 2. The first-order valence-corrected chi connectivity index (χ1v) is 9.29. The van der Waals surface area contributed by atoms with Gasteiger partial charge in [0.1, 0.15) is 0 Å². The summed E-state index contributed by atoms with van der Waals surface area (Å²) < 4.78 is 0. The summed E-state index contributed by atoms with van der Waals surface area (Å²) in [7, 11) is 1.84. The summed E-state index contributed by atoms with van der Waals surface area (Å²) in [5.41, 5.74) is 3.88. The van der Waals surface area contributed by atoms with Gasteiger partial charge in [0, 0.05) is 29.8 Å². The van der Waals surface area contributed by atoms with Gasteiger partial charge in [-0.05, 0) is 36.2 Å². The number of halogens is 1. The molecular weight excluding hydrogens is 400 g/mol. The first-order valence-electron chi connectivity index (χ1n) is 8.91. The molecule has 1 aromatic carbocycles. The van der Waals surface area contributed by atoms with E-state index in [1.165, 1.54) is 11.1 Å². The van der Waals surface area contributed by atoms with Crippen LogP contribution in [-0.2, 0) is 16.0 Å². The van der Waals surface area contributed by atoms with Crippen LogP contribution in [0.2, 0.25) is 0 Å². The number of rotatable bonds is 4. The van der Waals surface area contributed by atoms with Gasteiger partial charge in [-0.1, -0.05) is 41.9 Å². The molecule has 9 heteroatoms. The maximum absolute atomic E-state index is 9.77. The van der Waals surface area contributed by atoms with E-state index in [9.17, 15) is 9.59 Å². The normalized spacial score (nSPS) is 23.9. The van der Waals surface area contributed by atoms with Gasteiger partial charge in [-0.15, -0.1) is 0 Å². The number of carboxylic acid groups (broad SMARTS) is 2. The number of aliphatic imine (C=N–C) groups is 1. The Morgan fingerprint density at radius 1 is 1.14 bits per heavy atom. The first-order chi connectivity index (χ1) is 13.8. The molecule has 0 amide bonds. The number of nitrogens with zero attached hydrogens (tertiary/aromatic N) is 1. The maximum Gasteiger partial charge on any atom is 0.335 e. The molecule has 0 fully saturated rings. The van der Waals surface area contributed by atoms with Crippen LogP contribution in [0.5, 0.6) is 0 Å². The van der Waals surface area contributed by atoms with Gasteiger partial charge in [0.05, 0.1) is 0 Å². The van der Waals surface area contributed by atoms with E-state index in [0.29, 0.717) is 0 Å². The van der Waals surface area contributed by atoms with Crippen LogP contribution in [-0.4, -0.2) is 63.9 Å². The quantitative estimate of drug-likeness (QED) is 0.490. The van der Waals surface area contributed by atoms with E-state index < -0.39 is 24.1 Å². The van der Waals surface area contributed by atoms with E-state index in [1.807, 2.05) is 19.2 Å². The van der Waals surface area contributed by atoms with Crippen molar-refractivity contribution in [3.63, 3.8) is 0 Å². The highest BCUT2D eigenvalue weighted by atomic mass is 35.5. The van der Waals surface area contributed by atoms with Gasteiger partial charge in [0.15, 0.2) is 12.2 Å². The summed E-state index contributed by atoms with van der Waals surface area (Å²) in [6.45, 7) is 1.00. The lowest BCUT2D eigenvalue weighted by Gasteiger charge is -2.33. The molecule has 4 atom stereocenters. The summed E-state index contributed by atoms with van der Waals surface area (Å²) in [6.07, 6.45) is 2.59. The van der Waals surface area contributed by atoms with Crippen LogP contribution < -0.4 is 5.32 Å². The van der Waals surface area contributed by atoms with Crippen molar-refractivity contribution in [2.24, 2.45) is 10.9 Å². The highest BCUT2D eigenvalue weighted by Gasteiger charge is 2.30. The number of fused-ring (bicyclic) bond motifs is 1. The minimum absolute atomic E-state index is 0.212. The van der Waals surface area contributed by atoms with E-state index in [1.54, 1.807) is 0 Å². The zero-order valence-corrected chi connectivity index (χ0v) is 16.5. The predicted molar refractivity (Wildman–Crippen MR) is 108 cm³/mol. The number of hydrogen-bond donors (Lipinski definition) is 5. The van der Waals surface area contributed by atoms with Crippen molar-refractivity contribution in [1.29, 1.82) is 0 Å². The third-order valence-electron chi connectivity index (χ3n) is 4.66. The Morgan fingerprint density at radius 2 is 1.76 bits per heavy atom. The van der Waals surface area contributed by atoms with Crippen molar-refractivity contribution in [2.75, 3.05) is 13.6 Å². The van der Waals surface area contributed by atoms with Crippen LogP contribution in [0.1, 0.15) is 17.2 Å². The Hall–Kier alpha value is -2.52. The molecule has 1 aliphatic carbocycles. The van der Waals surface area contributed by atoms with Crippen LogP contribution in [0.25, 0.3) is 0 Å². The van der Waals surface area contributed by atoms with Gasteiger partial charge in [0.2, 0.25) is 0 Å². The van der Waals surface area contributed by atoms with Crippen LogP contribution in [0.3, 0.4) is 0 Å². The number of nitrogens with one attached hydrogen (secondary N) is 1. The second kappa shape index (κ2) is 10.3. The van der Waals surface area contributed by atoms with Crippen molar-refractivity contribution >= 4 is 29.3 Å². The number of carbonyl (C=O) groups is 2. The Balaban J connectivity index is 0.000000257. The molecule has 4 unspecified atom stereocenters. The van der Waals surface area contributed by atoms with Gasteiger partial charge in [0.25, 0.3) is 0 Å². The highest BCUT2D eigenvalue weighted by Crippen LogP contribution is 2.33. The number of aliphatic hydroxyl groups is 2. The first kappa shape index (κ1) is 22.8. The van der Waals surface area contributed by atoms with Crippen LogP contribution >= 0.6 is 11.6 Å². The van der Waals surface area contributed by atoms with Gasteiger partial charge < -0.3 is 25.7 Å². The van der Waals surface area contributed by atoms with E-state index in [0.717, 1.165) is 23.7 Å². The highest BCUT2D eigenvalue weighted by molar-refractivity contribution is 6.32. The van der Waals surface area contributed by atoms with Crippen molar-refractivity contribution in [1.82, 2.24) is 5.32 Å². The fraction of sp³-hybridized carbons (Fsp3) is 0.350. The molecule has 1 aliphatic heterocycles. The standard InChI is InChI=1S/C16H17ClN2.C4H6O6/c1-18-15-7-6-12(17)10-14(15)16-13-5-3-2-4-11(13)8-9-19-16;5-1(3(7)8)2(6)4(9)10/h2-7,10,14,16,19H,8-9H2,1H3;1-2,5-6H,(H,7,8)(H,9,10). The zero-order chi connectivity index (χ0) is 21.6. The average Bonchev–Trinajstić information content (AvgIpc) is 2.72. The van der Waals surface area contributed by atoms with Crippen LogP contribution in [0, 0.1) is 5.92 Å². The summed E-state index contributed by atoms with van der Waals surface area (Å²) in [6, 6.07) is 8.91. The van der Waals surface area contributed by atoms with Crippen molar-refractivity contribution in [2.45, 2.75) is 24.7 Å². The number of aliphatic carboxylic acids is 2. The molecule has 0 aromatic heterocycles. The minimum atomic E-state index is -2.27. The molecule has 0 radical (unpaired) electrons. The molecule has 0 spiro atoms. The van der Waals surface area contributed by atoms with Crippen LogP contribution in [0.4, 0.5) is 0 Å². The Bertz CT molecular complexity index is 833. The van der Waals surface area contributed by atoms with Crippen LogP contribution in [0.15, 0.2) is 52.5 Å². The smallest absolute Gasteiger partial charge is 0.335 e. The van der Waals surface area contributed by atoms with E-state index in [2.05, 4.69) is 40.7 Å². The summed E-state index contributed by atoms with van der Waals surface area (Å²) in [5, 5.41) is 36.9.